The maximum atomic E-state index is 12.7. The summed E-state index contributed by atoms with van der Waals surface area (Å²) in [5.74, 6) is -0.640. The Labute approximate surface area is 142 Å². The van der Waals surface area contributed by atoms with E-state index in [2.05, 4.69) is 0 Å². The van der Waals surface area contributed by atoms with E-state index in [1.165, 1.54) is 4.90 Å². The predicted octanol–water partition coefficient (Wildman–Crippen LogP) is 2.57. The molecule has 3 amide bonds. The van der Waals surface area contributed by atoms with Crippen LogP contribution in [0.3, 0.4) is 0 Å². The second-order valence-electron chi connectivity index (χ2n) is 6.85. The zero-order valence-electron chi connectivity index (χ0n) is 14.6. The molecule has 1 heterocycles. The quantitative estimate of drug-likeness (QED) is 0.853. The van der Waals surface area contributed by atoms with Gasteiger partial charge in [0.25, 0.3) is 5.91 Å². The van der Waals surface area contributed by atoms with Gasteiger partial charge in [0.05, 0.1) is 0 Å². The van der Waals surface area contributed by atoms with Crippen molar-refractivity contribution >= 4 is 17.9 Å². The van der Waals surface area contributed by atoms with Crippen molar-refractivity contribution in [3.05, 3.63) is 35.9 Å². The standard InChI is InChI=1S/C18H24N2O4/c1-5-14-16(22)19(11-13-9-7-6-8-10-13)12-15(21)20(14)17(23)24-18(2,3)4/h6-10,14H,5,11-12H2,1-4H3/t14-/m0/s1. The normalized spacial score (nSPS) is 18.8. The summed E-state index contributed by atoms with van der Waals surface area (Å²) in [5.41, 5.74) is 0.221. The Morgan fingerprint density at radius 3 is 2.38 bits per heavy atom. The Balaban J connectivity index is 2.17. The lowest BCUT2D eigenvalue weighted by Crippen LogP contribution is -2.61. The number of piperazine rings is 1. The second-order valence-corrected chi connectivity index (χ2v) is 6.85. The molecule has 1 saturated heterocycles. The molecule has 6 nitrogen and oxygen atoms in total. The van der Waals surface area contributed by atoms with Gasteiger partial charge in [-0.25, -0.2) is 9.69 Å². The lowest BCUT2D eigenvalue weighted by atomic mass is 10.1. The van der Waals surface area contributed by atoms with E-state index in [-0.39, 0.29) is 12.5 Å². The van der Waals surface area contributed by atoms with Crippen molar-refractivity contribution in [3.63, 3.8) is 0 Å². The van der Waals surface area contributed by atoms with Crippen molar-refractivity contribution in [2.24, 2.45) is 0 Å². The number of benzene rings is 1. The van der Waals surface area contributed by atoms with Gasteiger partial charge >= 0.3 is 6.09 Å². The molecule has 1 aliphatic heterocycles. The maximum absolute atomic E-state index is 12.7. The fraction of sp³-hybridized carbons (Fsp3) is 0.500. The van der Waals surface area contributed by atoms with Gasteiger partial charge in [0.2, 0.25) is 5.91 Å². The average Bonchev–Trinajstić information content (AvgIpc) is 2.49. The molecule has 1 atom stereocenters. The fourth-order valence-electron chi connectivity index (χ4n) is 2.65. The number of hydrogen-bond acceptors (Lipinski definition) is 4. The molecule has 0 saturated carbocycles. The van der Waals surface area contributed by atoms with E-state index < -0.39 is 23.6 Å². The van der Waals surface area contributed by atoms with Crippen LogP contribution < -0.4 is 0 Å². The largest absolute Gasteiger partial charge is 0.443 e. The molecule has 2 rings (SSSR count). The Morgan fingerprint density at radius 2 is 1.83 bits per heavy atom. The van der Waals surface area contributed by atoms with Crippen LogP contribution in [0.4, 0.5) is 4.79 Å². The van der Waals surface area contributed by atoms with Gasteiger partial charge in [0.1, 0.15) is 18.2 Å². The second kappa shape index (κ2) is 7.03. The van der Waals surface area contributed by atoms with Gasteiger partial charge in [0.15, 0.2) is 0 Å². The number of nitrogens with zero attached hydrogens (tertiary/aromatic N) is 2. The number of amides is 3. The predicted molar refractivity (Wildman–Crippen MR) is 89.0 cm³/mol. The Hall–Kier alpha value is -2.37. The van der Waals surface area contributed by atoms with Crippen LogP contribution in [0.25, 0.3) is 0 Å². The van der Waals surface area contributed by atoms with E-state index in [4.69, 9.17) is 4.74 Å². The lowest BCUT2D eigenvalue weighted by Gasteiger charge is -2.39. The first-order valence-electron chi connectivity index (χ1n) is 8.10. The van der Waals surface area contributed by atoms with Crippen molar-refractivity contribution in [2.75, 3.05) is 6.54 Å². The van der Waals surface area contributed by atoms with E-state index >= 15 is 0 Å². The summed E-state index contributed by atoms with van der Waals surface area (Å²) in [4.78, 5) is 40.0. The first-order valence-corrected chi connectivity index (χ1v) is 8.10. The Morgan fingerprint density at radius 1 is 1.21 bits per heavy atom. The minimum Gasteiger partial charge on any atom is -0.443 e. The van der Waals surface area contributed by atoms with Gasteiger partial charge < -0.3 is 9.64 Å². The zero-order valence-corrected chi connectivity index (χ0v) is 14.6. The van der Waals surface area contributed by atoms with Crippen molar-refractivity contribution in [1.82, 2.24) is 9.80 Å². The summed E-state index contributed by atoms with van der Waals surface area (Å²) < 4.78 is 5.28. The molecule has 1 aromatic rings. The molecule has 1 fully saturated rings. The monoisotopic (exact) mass is 332 g/mol. The minimum atomic E-state index is -0.815. The number of carbonyl (C=O) groups excluding carboxylic acids is 3. The highest BCUT2D eigenvalue weighted by molar-refractivity contribution is 6.03. The van der Waals surface area contributed by atoms with Gasteiger partial charge in [0, 0.05) is 6.54 Å². The van der Waals surface area contributed by atoms with Gasteiger partial charge in [-0.2, -0.15) is 0 Å². The van der Waals surface area contributed by atoms with Gasteiger partial charge in [-0.05, 0) is 32.8 Å². The van der Waals surface area contributed by atoms with Crippen LogP contribution in [0.2, 0.25) is 0 Å². The number of carbonyl (C=O) groups is 3. The fourth-order valence-corrected chi connectivity index (χ4v) is 2.65. The molecule has 130 valence electrons. The summed E-state index contributed by atoms with van der Waals surface area (Å²) >= 11 is 0. The third kappa shape index (κ3) is 4.13. The van der Waals surface area contributed by atoms with Crippen LogP contribution in [0, 0.1) is 0 Å². The van der Waals surface area contributed by atoms with Crippen LogP contribution in [0.5, 0.6) is 0 Å². The van der Waals surface area contributed by atoms with E-state index in [9.17, 15) is 14.4 Å². The summed E-state index contributed by atoms with van der Waals surface area (Å²) in [7, 11) is 0. The molecule has 6 heteroatoms. The molecular formula is C18H24N2O4. The first kappa shape index (κ1) is 18.0. The van der Waals surface area contributed by atoms with Gasteiger partial charge in [-0.3, -0.25) is 9.59 Å². The highest BCUT2D eigenvalue weighted by Crippen LogP contribution is 2.21. The van der Waals surface area contributed by atoms with Crippen molar-refractivity contribution in [3.8, 4) is 0 Å². The lowest BCUT2D eigenvalue weighted by molar-refractivity contribution is -0.155. The average molecular weight is 332 g/mol. The highest BCUT2D eigenvalue weighted by atomic mass is 16.6. The van der Waals surface area contributed by atoms with E-state index in [0.717, 1.165) is 10.5 Å². The van der Waals surface area contributed by atoms with E-state index in [0.29, 0.717) is 13.0 Å². The molecule has 1 aliphatic rings. The zero-order chi connectivity index (χ0) is 17.9. The first-order chi connectivity index (χ1) is 11.2. The van der Waals surface area contributed by atoms with Crippen molar-refractivity contribution in [2.45, 2.75) is 52.3 Å². The molecular weight excluding hydrogens is 308 g/mol. The topological polar surface area (TPSA) is 66.9 Å². The molecule has 0 unspecified atom stereocenters. The molecule has 0 radical (unpaired) electrons. The molecule has 0 bridgehead atoms. The molecule has 0 N–H and O–H groups in total. The number of ether oxygens (including phenoxy) is 1. The highest BCUT2D eigenvalue weighted by Gasteiger charge is 2.43. The van der Waals surface area contributed by atoms with E-state index in [1.807, 2.05) is 30.3 Å². The summed E-state index contributed by atoms with van der Waals surface area (Å²) in [5, 5.41) is 0. The van der Waals surface area contributed by atoms with Crippen molar-refractivity contribution < 1.29 is 19.1 Å². The third-order valence-corrected chi connectivity index (χ3v) is 3.70. The number of hydrogen-bond donors (Lipinski definition) is 0. The van der Waals surface area contributed by atoms with Crippen LogP contribution in [-0.2, 0) is 20.9 Å². The van der Waals surface area contributed by atoms with Crippen LogP contribution in [0.1, 0.15) is 39.7 Å². The van der Waals surface area contributed by atoms with Crippen LogP contribution in [0.15, 0.2) is 30.3 Å². The van der Waals surface area contributed by atoms with Crippen LogP contribution >= 0.6 is 0 Å². The maximum Gasteiger partial charge on any atom is 0.417 e. The van der Waals surface area contributed by atoms with Gasteiger partial charge in [-0.15, -0.1) is 0 Å². The van der Waals surface area contributed by atoms with Gasteiger partial charge in [-0.1, -0.05) is 37.3 Å². The molecule has 0 aliphatic carbocycles. The molecule has 24 heavy (non-hydrogen) atoms. The minimum absolute atomic E-state index is 0.122. The SMILES string of the molecule is CC[C@H]1C(=O)N(Cc2ccccc2)CC(=O)N1C(=O)OC(C)(C)C. The van der Waals surface area contributed by atoms with Crippen LogP contribution in [-0.4, -0.2) is 45.9 Å². The number of imide groups is 1. The summed E-state index contributed by atoms with van der Waals surface area (Å²) in [6.07, 6.45) is -0.401. The smallest absolute Gasteiger partial charge is 0.417 e. The Bertz CT molecular complexity index is 622. The Kier molecular flexibility index (Phi) is 5.26. The molecule has 1 aromatic carbocycles. The summed E-state index contributed by atoms with van der Waals surface area (Å²) in [6, 6.07) is 8.65. The molecule has 0 aromatic heterocycles. The van der Waals surface area contributed by atoms with Crippen molar-refractivity contribution in [1.29, 1.82) is 0 Å². The van der Waals surface area contributed by atoms with E-state index in [1.54, 1.807) is 27.7 Å². The third-order valence-electron chi connectivity index (χ3n) is 3.70. The summed E-state index contributed by atoms with van der Waals surface area (Å²) in [6.45, 7) is 7.18. The molecule has 0 spiro atoms. The number of rotatable bonds is 3.